The van der Waals surface area contributed by atoms with Crippen LogP contribution in [0.4, 0.5) is 11.4 Å². The Balaban J connectivity index is 2.93. The Bertz CT molecular complexity index is 532. The zero-order valence-corrected chi connectivity index (χ0v) is 11.1. The van der Waals surface area contributed by atoms with Gasteiger partial charge in [0.15, 0.2) is 0 Å². The number of nitrogens with zero attached hydrogens (tertiary/aromatic N) is 2. The van der Waals surface area contributed by atoms with Gasteiger partial charge in [0, 0.05) is 19.8 Å². The van der Waals surface area contributed by atoms with E-state index in [0.717, 1.165) is 5.69 Å². The van der Waals surface area contributed by atoms with E-state index in [1.54, 1.807) is 25.1 Å². The minimum Gasteiger partial charge on any atom is -0.459 e. The van der Waals surface area contributed by atoms with Crippen LogP contribution in [0.25, 0.3) is 0 Å². The molecule has 0 atom stereocenters. The van der Waals surface area contributed by atoms with Crippen molar-refractivity contribution in [2.75, 3.05) is 30.9 Å². The molecule has 1 rings (SSSR count). The molecule has 0 aliphatic carbocycles. The predicted molar refractivity (Wildman–Crippen MR) is 70.7 cm³/mol. The van der Waals surface area contributed by atoms with Gasteiger partial charge in [0.05, 0.1) is 17.9 Å². The van der Waals surface area contributed by atoms with Crippen LogP contribution in [0.3, 0.4) is 0 Å². The van der Waals surface area contributed by atoms with Crippen LogP contribution in [0.15, 0.2) is 18.2 Å². The fourth-order valence-electron chi connectivity index (χ4n) is 1.38. The molecule has 0 bridgehead atoms. The number of carbonyl (C=O) groups excluding carboxylic acids is 2. The fraction of sp³-hybridized carbons (Fsp3) is 0.308. The van der Waals surface area contributed by atoms with Crippen molar-refractivity contribution in [2.45, 2.75) is 6.92 Å². The monoisotopic (exact) mass is 261 g/mol. The summed E-state index contributed by atoms with van der Waals surface area (Å²) in [6.45, 7) is 1.73. The lowest BCUT2D eigenvalue weighted by Gasteiger charge is -2.14. The second-order valence-corrected chi connectivity index (χ2v) is 3.91. The van der Waals surface area contributed by atoms with Crippen LogP contribution >= 0.6 is 0 Å². The number of hydrogen-bond acceptors (Lipinski definition) is 5. The summed E-state index contributed by atoms with van der Waals surface area (Å²) in [5, 5.41) is 11.4. The van der Waals surface area contributed by atoms with E-state index in [2.05, 4.69) is 10.1 Å². The Morgan fingerprint density at radius 3 is 2.63 bits per heavy atom. The predicted octanol–water partition coefficient (Wildman–Crippen LogP) is 1.13. The highest BCUT2D eigenvalue weighted by Crippen LogP contribution is 2.21. The van der Waals surface area contributed by atoms with Crippen LogP contribution in [0, 0.1) is 11.3 Å². The fourth-order valence-corrected chi connectivity index (χ4v) is 1.38. The third-order valence-corrected chi connectivity index (χ3v) is 2.35. The van der Waals surface area contributed by atoms with Gasteiger partial charge < -0.3 is 15.0 Å². The lowest BCUT2D eigenvalue weighted by Crippen LogP contribution is -2.25. The van der Waals surface area contributed by atoms with Crippen molar-refractivity contribution >= 4 is 23.3 Å². The molecule has 0 unspecified atom stereocenters. The van der Waals surface area contributed by atoms with Crippen LogP contribution in [0.2, 0.25) is 0 Å². The molecule has 0 saturated heterocycles. The van der Waals surface area contributed by atoms with Crippen LogP contribution in [0.5, 0.6) is 0 Å². The maximum atomic E-state index is 11.5. The summed E-state index contributed by atoms with van der Waals surface area (Å²) in [6.07, 6.45) is 0. The highest BCUT2D eigenvalue weighted by atomic mass is 16.5. The molecule has 1 N–H and O–H groups in total. The summed E-state index contributed by atoms with van der Waals surface area (Å²) in [5.41, 5.74) is 1.39. The Morgan fingerprint density at radius 2 is 2.11 bits per heavy atom. The number of nitriles is 1. The first-order chi connectivity index (χ1) is 8.99. The second-order valence-electron chi connectivity index (χ2n) is 3.91. The molecule has 6 heteroatoms. The summed E-state index contributed by atoms with van der Waals surface area (Å²) in [4.78, 5) is 24.5. The van der Waals surface area contributed by atoms with Crippen LogP contribution in [-0.2, 0) is 14.3 Å². The molecular formula is C13H15N3O3. The highest BCUT2D eigenvalue weighted by molar-refractivity contribution is 6.37. The number of hydrogen-bond donors (Lipinski definition) is 1. The van der Waals surface area contributed by atoms with Crippen LogP contribution in [-0.4, -0.2) is 32.6 Å². The number of benzene rings is 1. The summed E-state index contributed by atoms with van der Waals surface area (Å²) < 4.78 is 4.57. The van der Waals surface area contributed by atoms with Gasteiger partial charge in [-0.05, 0) is 25.1 Å². The molecule has 1 aromatic rings. The van der Waals surface area contributed by atoms with E-state index in [4.69, 9.17) is 5.26 Å². The number of nitrogens with one attached hydrogen (secondary N) is 1. The third kappa shape index (κ3) is 3.71. The molecule has 0 radical (unpaired) electrons. The summed E-state index contributed by atoms with van der Waals surface area (Å²) in [6, 6.07) is 6.91. The molecule has 19 heavy (non-hydrogen) atoms. The van der Waals surface area contributed by atoms with Crippen molar-refractivity contribution < 1.29 is 14.3 Å². The van der Waals surface area contributed by atoms with E-state index >= 15 is 0 Å². The van der Waals surface area contributed by atoms with Gasteiger partial charge in [-0.1, -0.05) is 0 Å². The molecular weight excluding hydrogens is 246 g/mol. The van der Waals surface area contributed by atoms with Gasteiger partial charge in [0.25, 0.3) is 0 Å². The smallest absolute Gasteiger partial charge is 0.397 e. The maximum Gasteiger partial charge on any atom is 0.397 e. The Hall–Kier alpha value is -2.55. The standard InChI is InChI=1S/C13H15N3O3/c1-4-19-13(18)12(17)15-11-6-5-10(16(2)3)7-9(11)8-14/h5-7H,4H2,1-3H3,(H,15,17). The molecule has 0 aliphatic rings. The number of rotatable bonds is 3. The molecule has 6 nitrogen and oxygen atoms in total. The van der Waals surface area contributed by atoms with Crippen LogP contribution < -0.4 is 10.2 Å². The number of esters is 1. The molecule has 1 aromatic carbocycles. The number of anilines is 2. The van der Waals surface area contributed by atoms with Crippen molar-refractivity contribution in [3.05, 3.63) is 23.8 Å². The first-order valence-corrected chi connectivity index (χ1v) is 5.69. The molecule has 0 saturated carbocycles. The molecule has 0 fully saturated rings. The Kier molecular flexibility index (Phi) is 4.89. The van der Waals surface area contributed by atoms with Gasteiger partial charge in [0.1, 0.15) is 6.07 Å². The van der Waals surface area contributed by atoms with E-state index in [1.165, 1.54) is 0 Å². The van der Waals surface area contributed by atoms with E-state index in [9.17, 15) is 9.59 Å². The third-order valence-electron chi connectivity index (χ3n) is 2.35. The minimum atomic E-state index is -0.969. The molecule has 0 aliphatic heterocycles. The Labute approximate surface area is 111 Å². The zero-order chi connectivity index (χ0) is 14.4. The van der Waals surface area contributed by atoms with Gasteiger partial charge in [-0.3, -0.25) is 4.79 Å². The molecule has 0 aromatic heterocycles. The minimum absolute atomic E-state index is 0.122. The van der Waals surface area contributed by atoms with E-state index in [0.29, 0.717) is 0 Å². The lowest BCUT2D eigenvalue weighted by molar-refractivity contribution is -0.152. The normalized spacial score (nSPS) is 9.37. The van der Waals surface area contributed by atoms with E-state index < -0.39 is 11.9 Å². The van der Waals surface area contributed by atoms with E-state index in [-0.39, 0.29) is 17.9 Å². The van der Waals surface area contributed by atoms with Crippen molar-refractivity contribution in [3.63, 3.8) is 0 Å². The SMILES string of the molecule is CCOC(=O)C(=O)Nc1ccc(N(C)C)cc1C#N. The first-order valence-electron chi connectivity index (χ1n) is 5.69. The summed E-state index contributed by atoms with van der Waals surface area (Å²) in [5.74, 6) is -1.86. The topological polar surface area (TPSA) is 82.4 Å². The van der Waals surface area contributed by atoms with Gasteiger partial charge in [-0.25, -0.2) is 4.79 Å². The van der Waals surface area contributed by atoms with Gasteiger partial charge in [-0.15, -0.1) is 0 Å². The quantitative estimate of drug-likeness (QED) is 0.651. The van der Waals surface area contributed by atoms with Crippen LogP contribution in [0.1, 0.15) is 12.5 Å². The largest absolute Gasteiger partial charge is 0.459 e. The second kappa shape index (κ2) is 6.40. The number of carbonyl (C=O) groups is 2. The molecule has 1 amide bonds. The lowest BCUT2D eigenvalue weighted by atomic mass is 10.1. The van der Waals surface area contributed by atoms with Gasteiger partial charge in [0.2, 0.25) is 0 Å². The number of ether oxygens (including phenoxy) is 1. The maximum absolute atomic E-state index is 11.5. The molecule has 100 valence electrons. The van der Waals surface area contributed by atoms with Crippen molar-refractivity contribution in [2.24, 2.45) is 0 Å². The Morgan fingerprint density at radius 1 is 1.42 bits per heavy atom. The van der Waals surface area contributed by atoms with Crippen molar-refractivity contribution in [1.82, 2.24) is 0 Å². The average molecular weight is 261 g/mol. The molecule has 0 spiro atoms. The molecule has 0 heterocycles. The van der Waals surface area contributed by atoms with Gasteiger partial charge in [-0.2, -0.15) is 5.26 Å². The van der Waals surface area contributed by atoms with Gasteiger partial charge >= 0.3 is 11.9 Å². The zero-order valence-electron chi connectivity index (χ0n) is 11.1. The highest BCUT2D eigenvalue weighted by Gasteiger charge is 2.16. The average Bonchev–Trinajstić information content (AvgIpc) is 2.39. The number of amides is 1. The van der Waals surface area contributed by atoms with Crippen molar-refractivity contribution in [3.8, 4) is 6.07 Å². The van der Waals surface area contributed by atoms with Crippen molar-refractivity contribution in [1.29, 1.82) is 5.26 Å². The summed E-state index contributed by atoms with van der Waals surface area (Å²) >= 11 is 0. The summed E-state index contributed by atoms with van der Waals surface area (Å²) in [7, 11) is 3.68. The first kappa shape index (κ1) is 14.5. The van der Waals surface area contributed by atoms with E-state index in [1.807, 2.05) is 25.1 Å².